The SMILES string of the molecule is O=C(COC(=O)C(c1ccccc1)N1CCCC1)NCC(F)(F)F. The molecular formula is C16H19F3N2O3. The molecule has 1 aromatic rings. The first-order valence-electron chi connectivity index (χ1n) is 7.66. The summed E-state index contributed by atoms with van der Waals surface area (Å²) in [5.74, 6) is -1.61. The molecule has 5 nitrogen and oxygen atoms in total. The van der Waals surface area contributed by atoms with Crippen LogP contribution in [0.2, 0.25) is 0 Å². The van der Waals surface area contributed by atoms with Gasteiger partial charge in [-0.05, 0) is 31.5 Å². The molecule has 1 heterocycles. The number of halogens is 3. The molecule has 1 fully saturated rings. The number of hydrogen-bond donors (Lipinski definition) is 1. The highest BCUT2D eigenvalue weighted by molar-refractivity contribution is 5.83. The molecule has 1 amide bonds. The summed E-state index contributed by atoms with van der Waals surface area (Å²) in [6, 6.07) is 8.33. The van der Waals surface area contributed by atoms with E-state index in [1.807, 2.05) is 11.0 Å². The predicted octanol–water partition coefficient (Wildman–Crippen LogP) is 2.05. The standard InChI is InChI=1S/C16H19F3N2O3/c17-16(18,19)11-20-13(22)10-24-15(23)14(21-8-4-5-9-21)12-6-2-1-3-7-12/h1-3,6-7,14H,4-5,8-11H2,(H,20,22). The number of esters is 1. The van der Waals surface area contributed by atoms with Crippen molar-refractivity contribution in [3.63, 3.8) is 0 Å². The van der Waals surface area contributed by atoms with Crippen molar-refractivity contribution in [1.82, 2.24) is 10.2 Å². The number of ether oxygens (including phenoxy) is 1. The highest BCUT2D eigenvalue weighted by atomic mass is 19.4. The van der Waals surface area contributed by atoms with Gasteiger partial charge in [-0.2, -0.15) is 13.2 Å². The van der Waals surface area contributed by atoms with Crippen LogP contribution in [0.25, 0.3) is 0 Å². The molecule has 0 saturated carbocycles. The molecule has 24 heavy (non-hydrogen) atoms. The van der Waals surface area contributed by atoms with Crippen LogP contribution in [0.4, 0.5) is 13.2 Å². The van der Waals surface area contributed by atoms with Crippen molar-refractivity contribution in [2.24, 2.45) is 0 Å². The zero-order valence-corrected chi connectivity index (χ0v) is 13.0. The van der Waals surface area contributed by atoms with Gasteiger partial charge in [0, 0.05) is 0 Å². The molecule has 132 valence electrons. The summed E-state index contributed by atoms with van der Waals surface area (Å²) < 4.78 is 41.1. The highest BCUT2D eigenvalue weighted by Gasteiger charge is 2.32. The number of amides is 1. The van der Waals surface area contributed by atoms with Crippen molar-refractivity contribution in [2.75, 3.05) is 26.2 Å². The molecule has 0 aliphatic carbocycles. The minimum absolute atomic E-state index is 0.634. The van der Waals surface area contributed by atoms with Crippen molar-refractivity contribution in [1.29, 1.82) is 0 Å². The Morgan fingerprint density at radius 2 is 1.79 bits per heavy atom. The second-order valence-corrected chi connectivity index (χ2v) is 5.56. The zero-order chi connectivity index (χ0) is 17.6. The Bertz CT molecular complexity index is 557. The van der Waals surface area contributed by atoms with Crippen molar-refractivity contribution in [3.05, 3.63) is 35.9 Å². The van der Waals surface area contributed by atoms with E-state index < -0.39 is 37.2 Å². The average Bonchev–Trinajstić information content (AvgIpc) is 3.05. The van der Waals surface area contributed by atoms with E-state index in [2.05, 4.69) is 0 Å². The summed E-state index contributed by atoms with van der Waals surface area (Å²) in [7, 11) is 0. The number of rotatable bonds is 6. The van der Waals surface area contributed by atoms with Gasteiger partial charge in [-0.15, -0.1) is 0 Å². The van der Waals surface area contributed by atoms with Crippen LogP contribution in [-0.4, -0.2) is 49.2 Å². The molecule has 1 aromatic carbocycles. The van der Waals surface area contributed by atoms with E-state index in [0.29, 0.717) is 0 Å². The molecule has 1 aliphatic heterocycles. The minimum atomic E-state index is -4.50. The number of likely N-dealkylation sites (tertiary alicyclic amines) is 1. The fourth-order valence-corrected chi connectivity index (χ4v) is 2.60. The van der Waals surface area contributed by atoms with Gasteiger partial charge in [0.15, 0.2) is 6.61 Å². The lowest BCUT2D eigenvalue weighted by atomic mass is 10.1. The molecule has 1 aliphatic rings. The third-order valence-corrected chi connectivity index (χ3v) is 3.68. The number of alkyl halides is 3. The van der Waals surface area contributed by atoms with Gasteiger partial charge in [0.1, 0.15) is 12.6 Å². The van der Waals surface area contributed by atoms with Crippen LogP contribution in [0.3, 0.4) is 0 Å². The summed E-state index contributed by atoms with van der Waals surface area (Å²) in [6.07, 6.45) is -2.58. The number of nitrogens with zero attached hydrogens (tertiary/aromatic N) is 1. The fraction of sp³-hybridized carbons (Fsp3) is 0.500. The number of hydrogen-bond acceptors (Lipinski definition) is 4. The number of carbonyl (C=O) groups excluding carboxylic acids is 2. The maximum absolute atomic E-state index is 12.4. The van der Waals surface area contributed by atoms with Gasteiger partial charge in [-0.1, -0.05) is 30.3 Å². The summed E-state index contributed by atoms with van der Waals surface area (Å²) in [5.41, 5.74) is 0.736. The smallest absolute Gasteiger partial charge is 0.405 e. The van der Waals surface area contributed by atoms with Crippen LogP contribution in [0.1, 0.15) is 24.4 Å². The highest BCUT2D eigenvalue weighted by Crippen LogP contribution is 2.26. The van der Waals surface area contributed by atoms with Crippen LogP contribution in [-0.2, 0) is 14.3 Å². The molecule has 0 radical (unpaired) electrons. The van der Waals surface area contributed by atoms with Crippen molar-refractivity contribution in [3.8, 4) is 0 Å². The van der Waals surface area contributed by atoms with Crippen LogP contribution in [0.15, 0.2) is 30.3 Å². The third kappa shape index (κ3) is 5.52. The van der Waals surface area contributed by atoms with Crippen molar-refractivity contribution in [2.45, 2.75) is 25.1 Å². The zero-order valence-electron chi connectivity index (χ0n) is 13.0. The van der Waals surface area contributed by atoms with Crippen molar-refractivity contribution < 1.29 is 27.5 Å². The Morgan fingerprint density at radius 1 is 1.17 bits per heavy atom. The van der Waals surface area contributed by atoms with E-state index in [0.717, 1.165) is 31.5 Å². The van der Waals surface area contributed by atoms with Crippen LogP contribution in [0, 0.1) is 0 Å². The van der Waals surface area contributed by atoms with Gasteiger partial charge in [-0.25, -0.2) is 4.79 Å². The van der Waals surface area contributed by atoms with E-state index in [9.17, 15) is 22.8 Å². The predicted molar refractivity (Wildman–Crippen MR) is 80.0 cm³/mol. The van der Waals surface area contributed by atoms with Gasteiger partial charge in [0.25, 0.3) is 5.91 Å². The maximum Gasteiger partial charge on any atom is 0.405 e. The van der Waals surface area contributed by atoms with E-state index in [1.165, 1.54) is 0 Å². The Hall–Kier alpha value is -2.09. The van der Waals surface area contributed by atoms with Gasteiger partial charge in [0.2, 0.25) is 0 Å². The largest absolute Gasteiger partial charge is 0.454 e. The quantitative estimate of drug-likeness (QED) is 0.803. The summed E-state index contributed by atoms with van der Waals surface area (Å²) in [4.78, 5) is 25.7. The second-order valence-electron chi connectivity index (χ2n) is 5.56. The van der Waals surface area contributed by atoms with Crippen LogP contribution in [0.5, 0.6) is 0 Å². The Morgan fingerprint density at radius 3 is 2.38 bits per heavy atom. The summed E-state index contributed by atoms with van der Waals surface area (Å²) in [6.45, 7) is -0.715. The Balaban J connectivity index is 1.94. The Kier molecular flexibility index (Phi) is 6.19. The molecule has 0 spiro atoms. The Labute approximate surface area is 137 Å². The summed E-state index contributed by atoms with van der Waals surface area (Å²) >= 11 is 0. The molecule has 0 aromatic heterocycles. The lowest BCUT2D eigenvalue weighted by Gasteiger charge is -2.26. The van der Waals surface area contributed by atoms with Crippen molar-refractivity contribution >= 4 is 11.9 Å². The first-order valence-corrected chi connectivity index (χ1v) is 7.66. The first kappa shape index (κ1) is 18.3. The lowest BCUT2D eigenvalue weighted by Crippen LogP contribution is -2.38. The number of nitrogens with one attached hydrogen (secondary N) is 1. The fourth-order valence-electron chi connectivity index (χ4n) is 2.60. The molecular weight excluding hydrogens is 325 g/mol. The van der Waals surface area contributed by atoms with E-state index in [4.69, 9.17) is 4.74 Å². The molecule has 2 rings (SSSR count). The normalized spacial score (nSPS) is 16.6. The second kappa shape index (κ2) is 8.14. The first-order chi connectivity index (χ1) is 11.4. The lowest BCUT2D eigenvalue weighted by molar-refractivity contribution is -0.155. The minimum Gasteiger partial charge on any atom is -0.454 e. The monoisotopic (exact) mass is 344 g/mol. The number of carbonyl (C=O) groups is 2. The van der Waals surface area contributed by atoms with Crippen LogP contribution >= 0.6 is 0 Å². The van der Waals surface area contributed by atoms with Gasteiger partial charge in [0.05, 0.1) is 0 Å². The summed E-state index contributed by atoms with van der Waals surface area (Å²) in [5, 5.41) is 1.67. The average molecular weight is 344 g/mol. The molecule has 1 unspecified atom stereocenters. The molecule has 0 bridgehead atoms. The maximum atomic E-state index is 12.4. The van der Waals surface area contributed by atoms with Crippen LogP contribution < -0.4 is 5.32 Å². The van der Waals surface area contributed by atoms with Gasteiger partial charge >= 0.3 is 12.1 Å². The molecule has 1 atom stereocenters. The van der Waals surface area contributed by atoms with E-state index in [1.54, 1.807) is 29.6 Å². The number of benzene rings is 1. The van der Waals surface area contributed by atoms with Gasteiger partial charge in [-0.3, -0.25) is 9.69 Å². The topological polar surface area (TPSA) is 58.6 Å². The molecule has 1 N–H and O–H groups in total. The van der Waals surface area contributed by atoms with E-state index >= 15 is 0 Å². The van der Waals surface area contributed by atoms with E-state index in [-0.39, 0.29) is 0 Å². The molecule has 8 heteroatoms. The van der Waals surface area contributed by atoms with Gasteiger partial charge < -0.3 is 10.1 Å². The molecule has 1 saturated heterocycles. The third-order valence-electron chi connectivity index (χ3n) is 3.68.